The van der Waals surface area contributed by atoms with Crippen molar-refractivity contribution in [1.82, 2.24) is 0 Å². The molecule has 0 aromatic heterocycles. The molecule has 1 saturated heterocycles. The summed E-state index contributed by atoms with van der Waals surface area (Å²) in [6.45, 7) is 0.933. The molecule has 2 aliphatic rings. The molecule has 0 spiro atoms. The molecule has 0 unspecified atom stereocenters. The summed E-state index contributed by atoms with van der Waals surface area (Å²) in [6, 6.07) is 8.55. The summed E-state index contributed by atoms with van der Waals surface area (Å²) in [5, 5.41) is 0. The van der Waals surface area contributed by atoms with Crippen LogP contribution in [0.15, 0.2) is 29.2 Å². The predicted octanol–water partition coefficient (Wildman–Crippen LogP) is 3.81. The molecule has 4 heteroatoms. The highest BCUT2D eigenvalue weighted by Gasteiger charge is 2.28. The first-order valence-electron chi connectivity index (χ1n) is 8.53. The fraction of sp³-hybridized carbons (Fsp3) is 0.611. The normalized spacial score (nSPS) is 22.9. The van der Waals surface area contributed by atoms with Crippen molar-refractivity contribution in [3.05, 3.63) is 24.3 Å². The molecule has 2 fully saturated rings. The Morgan fingerprint density at radius 2 is 1.82 bits per heavy atom. The van der Waals surface area contributed by atoms with Crippen LogP contribution in [-0.2, 0) is 4.79 Å². The van der Waals surface area contributed by atoms with Gasteiger partial charge in [0.05, 0.1) is 0 Å². The van der Waals surface area contributed by atoms with Crippen LogP contribution in [0.4, 0.5) is 5.69 Å². The van der Waals surface area contributed by atoms with Gasteiger partial charge in [0.25, 0.3) is 0 Å². The third kappa shape index (κ3) is 3.78. The van der Waals surface area contributed by atoms with Crippen LogP contribution < -0.4 is 10.6 Å². The quantitative estimate of drug-likeness (QED) is 0.840. The summed E-state index contributed by atoms with van der Waals surface area (Å²) in [4.78, 5) is 15.0. The third-order valence-electron chi connectivity index (χ3n) is 4.96. The lowest BCUT2D eigenvalue weighted by Crippen LogP contribution is -2.40. The Kier molecular flexibility index (Phi) is 5.29. The van der Waals surface area contributed by atoms with Crippen LogP contribution in [-0.4, -0.2) is 24.2 Å². The number of carbonyl (C=O) groups is 1. The molecule has 2 N–H and O–H groups in total. The molecule has 3 rings (SSSR count). The van der Waals surface area contributed by atoms with Crippen molar-refractivity contribution in [3.63, 3.8) is 0 Å². The molecule has 1 aromatic carbocycles. The average molecular weight is 318 g/mol. The van der Waals surface area contributed by atoms with Gasteiger partial charge in [-0.15, -0.1) is 11.8 Å². The largest absolute Gasteiger partial charge is 0.368 e. The molecule has 1 amide bonds. The molecule has 1 heterocycles. The molecular weight excluding hydrogens is 292 g/mol. The van der Waals surface area contributed by atoms with Crippen LogP contribution in [0.5, 0.6) is 0 Å². The Bertz CT molecular complexity index is 496. The van der Waals surface area contributed by atoms with E-state index in [0.717, 1.165) is 31.0 Å². The zero-order valence-electron chi connectivity index (χ0n) is 13.2. The highest BCUT2D eigenvalue weighted by Crippen LogP contribution is 2.32. The number of anilines is 1. The highest BCUT2D eigenvalue weighted by atomic mass is 32.2. The summed E-state index contributed by atoms with van der Waals surface area (Å²) < 4.78 is 0. The third-order valence-corrected chi connectivity index (χ3v) is 6.20. The van der Waals surface area contributed by atoms with E-state index < -0.39 is 0 Å². The Morgan fingerprint density at radius 1 is 1.09 bits per heavy atom. The number of hydrogen-bond acceptors (Lipinski definition) is 3. The molecule has 1 aromatic rings. The maximum absolute atomic E-state index is 11.5. The van der Waals surface area contributed by atoms with Crippen molar-refractivity contribution < 1.29 is 4.79 Å². The van der Waals surface area contributed by atoms with Crippen molar-refractivity contribution in [2.45, 2.75) is 55.9 Å². The van der Waals surface area contributed by atoms with E-state index in [9.17, 15) is 4.79 Å². The number of hydrogen-bond donors (Lipinski definition) is 1. The zero-order valence-corrected chi connectivity index (χ0v) is 14.0. The average Bonchev–Trinajstić information content (AvgIpc) is 3.04. The van der Waals surface area contributed by atoms with Gasteiger partial charge in [0, 0.05) is 22.9 Å². The second-order valence-corrected chi connectivity index (χ2v) is 7.66. The van der Waals surface area contributed by atoms with E-state index in [4.69, 9.17) is 5.73 Å². The van der Waals surface area contributed by atoms with E-state index in [2.05, 4.69) is 29.2 Å². The van der Waals surface area contributed by atoms with Crippen molar-refractivity contribution in [3.8, 4) is 0 Å². The topological polar surface area (TPSA) is 46.3 Å². The number of nitrogens with zero attached hydrogens (tertiary/aromatic N) is 1. The first-order chi connectivity index (χ1) is 10.7. The number of benzene rings is 1. The van der Waals surface area contributed by atoms with E-state index in [0.29, 0.717) is 0 Å². The van der Waals surface area contributed by atoms with E-state index in [1.807, 2.05) is 11.8 Å². The molecule has 1 atom stereocenters. The van der Waals surface area contributed by atoms with Crippen LogP contribution in [0.25, 0.3) is 0 Å². The Balaban J connectivity index is 1.56. The van der Waals surface area contributed by atoms with Crippen LogP contribution in [0.1, 0.15) is 44.9 Å². The summed E-state index contributed by atoms with van der Waals surface area (Å²) >= 11 is 1.98. The molecule has 3 nitrogen and oxygen atoms in total. The minimum atomic E-state index is -0.201. The molecular formula is C18H26N2OS. The van der Waals surface area contributed by atoms with E-state index in [-0.39, 0.29) is 11.9 Å². The number of carbonyl (C=O) groups excluding carboxylic acids is 1. The standard InChI is InChI=1S/C18H26N2OS/c19-18(21)17-7-4-12-20(17)15-8-10-16(11-9-15)22-13-14-5-2-1-3-6-14/h8-11,14,17H,1-7,12-13H2,(H2,19,21)/t17-/m1/s1. The minimum absolute atomic E-state index is 0.124. The Hall–Kier alpha value is -1.16. The van der Waals surface area contributed by atoms with Crippen molar-refractivity contribution >= 4 is 23.4 Å². The van der Waals surface area contributed by atoms with Crippen LogP contribution in [0, 0.1) is 5.92 Å². The van der Waals surface area contributed by atoms with Gasteiger partial charge < -0.3 is 10.6 Å². The van der Waals surface area contributed by atoms with Crippen molar-refractivity contribution in [1.29, 1.82) is 0 Å². The first-order valence-corrected chi connectivity index (χ1v) is 9.51. The first kappa shape index (κ1) is 15.7. The zero-order chi connectivity index (χ0) is 15.4. The number of nitrogens with two attached hydrogens (primary N) is 1. The molecule has 0 bridgehead atoms. The van der Waals surface area contributed by atoms with Crippen molar-refractivity contribution in [2.24, 2.45) is 11.7 Å². The minimum Gasteiger partial charge on any atom is -0.368 e. The van der Waals surface area contributed by atoms with E-state index >= 15 is 0 Å². The van der Waals surface area contributed by atoms with Crippen LogP contribution >= 0.6 is 11.8 Å². The summed E-state index contributed by atoms with van der Waals surface area (Å²) in [5.41, 5.74) is 6.63. The number of primary amides is 1. The maximum Gasteiger partial charge on any atom is 0.240 e. The molecule has 120 valence electrons. The SMILES string of the molecule is NC(=O)[C@H]1CCCN1c1ccc(SCC2CCCCC2)cc1. The molecule has 1 aliphatic heterocycles. The smallest absolute Gasteiger partial charge is 0.240 e. The molecule has 22 heavy (non-hydrogen) atoms. The van der Waals surface area contributed by atoms with Gasteiger partial charge in [-0.25, -0.2) is 0 Å². The fourth-order valence-electron chi connectivity index (χ4n) is 3.67. The second-order valence-electron chi connectivity index (χ2n) is 6.56. The Morgan fingerprint density at radius 3 is 2.50 bits per heavy atom. The lowest BCUT2D eigenvalue weighted by atomic mass is 9.91. The van der Waals surface area contributed by atoms with E-state index in [1.165, 1.54) is 42.8 Å². The van der Waals surface area contributed by atoms with Gasteiger partial charge in [-0.1, -0.05) is 19.3 Å². The van der Waals surface area contributed by atoms with Crippen LogP contribution in [0.2, 0.25) is 0 Å². The van der Waals surface area contributed by atoms with Crippen LogP contribution in [0.3, 0.4) is 0 Å². The lowest BCUT2D eigenvalue weighted by molar-refractivity contribution is -0.119. The Labute approximate surface area is 137 Å². The van der Waals surface area contributed by atoms with Gasteiger partial charge in [0.2, 0.25) is 5.91 Å². The van der Waals surface area contributed by atoms with Gasteiger partial charge in [0.1, 0.15) is 6.04 Å². The fourth-order valence-corrected chi connectivity index (χ4v) is 4.76. The summed E-state index contributed by atoms with van der Waals surface area (Å²) in [5.74, 6) is 1.94. The summed E-state index contributed by atoms with van der Waals surface area (Å²) in [6.07, 6.45) is 8.98. The van der Waals surface area contributed by atoms with Gasteiger partial charge >= 0.3 is 0 Å². The lowest BCUT2D eigenvalue weighted by Gasteiger charge is -2.24. The van der Waals surface area contributed by atoms with Gasteiger partial charge in [-0.05, 0) is 55.9 Å². The van der Waals surface area contributed by atoms with Crippen molar-refractivity contribution in [2.75, 3.05) is 17.2 Å². The number of rotatable bonds is 5. The predicted molar refractivity (Wildman–Crippen MR) is 93.3 cm³/mol. The highest BCUT2D eigenvalue weighted by molar-refractivity contribution is 7.99. The molecule has 1 aliphatic carbocycles. The van der Waals surface area contributed by atoms with Gasteiger partial charge in [-0.3, -0.25) is 4.79 Å². The summed E-state index contributed by atoms with van der Waals surface area (Å²) in [7, 11) is 0. The second kappa shape index (κ2) is 7.40. The number of amides is 1. The monoisotopic (exact) mass is 318 g/mol. The van der Waals surface area contributed by atoms with Gasteiger partial charge in [0.15, 0.2) is 0 Å². The number of thioether (sulfide) groups is 1. The van der Waals surface area contributed by atoms with Gasteiger partial charge in [-0.2, -0.15) is 0 Å². The molecule has 1 saturated carbocycles. The molecule has 0 radical (unpaired) electrons. The van der Waals surface area contributed by atoms with E-state index in [1.54, 1.807) is 0 Å². The maximum atomic E-state index is 11.5.